The number of hydrogen-bond acceptors (Lipinski definition) is 3. The van der Waals surface area contributed by atoms with E-state index in [1.54, 1.807) is 6.20 Å². The molecule has 0 radical (unpaired) electrons. The third-order valence-electron chi connectivity index (χ3n) is 2.96. The van der Waals surface area contributed by atoms with E-state index in [1.807, 2.05) is 38.3 Å². The molecule has 0 saturated carbocycles. The predicted octanol–water partition coefficient (Wildman–Crippen LogP) is 5.59. The van der Waals surface area contributed by atoms with Crippen molar-refractivity contribution in [2.45, 2.75) is 38.6 Å². The fourth-order valence-corrected chi connectivity index (χ4v) is 3.42. The lowest BCUT2D eigenvalue weighted by Crippen LogP contribution is -2.18. The number of rotatable bonds is 5. The number of pyridine rings is 1. The minimum absolute atomic E-state index is 0.111. The second-order valence-electron chi connectivity index (χ2n) is 4.52. The van der Waals surface area contributed by atoms with Gasteiger partial charge in [-0.2, -0.15) is 0 Å². The Bertz CT molecular complexity index is 505. The van der Waals surface area contributed by atoms with Gasteiger partial charge in [-0.25, -0.2) is 9.37 Å². The minimum atomic E-state index is -0.901. The molecule has 0 aromatic carbocycles. The van der Waals surface area contributed by atoms with E-state index < -0.39 is 6.17 Å². The third kappa shape index (κ3) is 5.15. The van der Waals surface area contributed by atoms with Gasteiger partial charge in [-0.3, -0.25) is 0 Å². The van der Waals surface area contributed by atoms with Crippen LogP contribution in [0.3, 0.4) is 0 Å². The fraction of sp³-hybridized carbons (Fsp3) is 0.438. The van der Waals surface area contributed by atoms with E-state index >= 15 is 0 Å². The van der Waals surface area contributed by atoms with Gasteiger partial charge in [0.1, 0.15) is 10.8 Å². The van der Waals surface area contributed by atoms with Crippen molar-refractivity contribution in [1.29, 1.82) is 0 Å². The molecule has 0 amide bonds. The monoisotopic (exact) mass is 372 g/mol. The second-order valence-corrected chi connectivity index (χ2v) is 6.28. The molecule has 2 atom stereocenters. The van der Waals surface area contributed by atoms with E-state index in [0.717, 1.165) is 21.4 Å². The van der Waals surface area contributed by atoms with E-state index in [0.29, 0.717) is 13.0 Å². The largest absolute Gasteiger partial charge is 0.383 e. The van der Waals surface area contributed by atoms with Crippen molar-refractivity contribution in [2.24, 2.45) is 0 Å². The molecule has 1 aromatic rings. The average molecular weight is 373 g/mol. The van der Waals surface area contributed by atoms with Gasteiger partial charge in [-0.1, -0.05) is 26.0 Å². The molecule has 1 aliphatic heterocycles. The van der Waals surface area contributed by atoms with Gasteiger partial charge in [-0.05, 0) is 52.4 Å². The molecule has 5 heteroatoms. The average Bonchev–Trinajstić information content (AvgIpc) is 2.85. The minimum Gasteiger partial charge on any atom is -0.383 e. The molecule has 0 fully saturated rings. The van der Waals surface area contributed by atoms with Crippen molar-refractivity contribution < 1.29 is 4.39 Å². The van der Waals surface area contributed by atoms with Crippen molar-refractivity contribution in [3.8, 4) is 0 Å². The van der Waals surface area contributed by atoms with Crippen molar-refractivity contribution in [3.63, 3.8) is 0 Å². The Morgan fingerprint density at radius 2 is 2.24 bits per heavy atom. The van der Waals surface area contributed by atoms with Crippen molar-refractivity contribution in [3.05, 3.63) is 46.1 Å². The first-order valence-electron chi connectivity index (χ1n) is 7.08. The molecule has 2 nitrogen and oxygen atoms in total. The molecule has 2 unspecified atom stereocenters. The quantitative estimate of drug-likeness (QED) is 0.538. The lowest BCUT2D eigenvalue weighted by Gasteiger charge is -2.15. The number of alkyl halides is 1. The first-order chi connectivity index (χ1) is 10.1. The smallest absolute Gasteiger partial charge is 0.138 e. The Kier molecular flexibility index (Phi) is 8.04. The second kappa shape index (κ2) is 9.26. The number of hydrogen-bond donors (Lipinski definition) is 1. The summed E-state index contributed by atoms with van der Waals surface area (Å²) in [5.74, 6) is 0. The van der Waals surface area contributed by atoms with E-state index in [-0.39, 0.29) is 5.25 Å². The molecule has 2 heterocycles. The Labute approximate surface area is 139 Å². The van der Waals surface area contributed by atoms with Gasteiger partial charge in [0.15, 0.2) is 0 Å². The van der Waals surface area contributed by atoms with Gasteiger partial charge in [0.2, 0.25) is 0 Å². The zero-order chi connectivity index (χ0) is 15.8. The summed E-state index contributed by atoms with van der Waals surface area (Å²) < 4.78 is 14.9. The number of anilines is 1. The molecular formula is C16H22BrFN2S. The summed E-state index contributed by atoms with van der Waals surface area (Å²) in [6, 6.07) is 3.81. The molecule has 0 spiro atoms. The Morgan fingerprint density at radius 1 is 1.52 bits per heavy atom. The van der Waals surface area contributed by atoms with E-state index in [2.05, 4.69) is 32.8 Å². The van der Waals surface area contributed by atoms with Gasteiger partial charge in [0.05, 0.1) is 10.9 Å². The lowest BCUT2D eigenvalue weighted by atomic mass is 10.0. The maximum Gasteiger partial charge on any atom is 0.138 e. The van der Waals surface area contributed by atoms with Crippen LogP contribution in [0.25, 0.3) is 0 Å². The molecule has 116 valence electrons. The Hall–Kier alpha value is -0.810. The van der Waals surface area contributed by atoms with Crippen LogP contribution in [-0.4, -0.2) is 23.0 Å². The van der Waals surface area contributed by atoms with Crippen LogP contribution in [0.1, 0.15) is 27.2 Å². The maximum absolute atomic E-state index is 14.1. The number of thioether (sulfide) groups is 1. The highest BCUT2D eigenvalue weighted by molar-refractivity contribution is 9.10. The molecule has 1 N–H and O–H groups in total. The molecule has 1 aromatic heterocycles. The van der Waals surface area contributed by atoms with Crippen molar-refractivity contribution in [1.82, 2.24) is 4.98 Å². The SMILES string of the molecule is C=C(C)C1SC=C(CCNc2cccnc2Br)C1F.CC. The normalized spacial score (nSPS) is 20.3. The Morgan fingerprint density at radius 3 is 2.81 bits per heavy atom. The van der Waals surface area contributed by atoms with Crippen LogP contribution in [0.4, 0.5) is 10.1 Å². The summed E-state index contributed by atoms with van der Waals surface area (Å²) in [6.45, 7) is 10.4. The summed E-state index contributed by atoms with van der Waals surface area (Å²) in [5, 5.41) is 5.08. The lowest BCUT2D eigenvalue weighted by molar-refractivity contribution is 0.384. The molecule has 21 heavy (non-hydrogen) atoms. The summed E-state index contributed by atoms with van der Waals surface area (Å²) in [5.41, 5.74) is 2.68. The summed E-state index contributed by atoms with van der Waals surface area (Å²) >= 11 is 4.90. The molecular weight excluding hydrogens is 351 g/mol. The molecule has 2 rings (SSSR count). The first kappa shape index (κ1) is 18.2. The molecule has 0 saturated heterocycles. The molecule has 1 aliphatic rings. The van der Waals surface area contributed by atoms with Crippen LogP contribution in [0.5, 0.6) is 0 Å². The Balaban J connectivity index is 0.00000106. The van der Waals surface area contributed by atoms with Crippen LogP contribution in [0.2, 0.25) is 0 Å². The maximum atomic E-state index is 14.1. The van der Waals surface area contributed by atoms with E-state index in [9.17, 15) is 4.39 Å². The van der Waals surface area contributed by atoms with Gasteiger partial charge < -0.3 is 5.32 Å². The fourth-order valence-electron chi connectivity index (χ4n) is 1.91. The number of halogens is 2. The topological polar surface area (TPSA) is 24.9 Å². The third-order valence-corrected chi connectivity index (χ3v) is 4.97. The van der Waals surface area contributed by atoms with Crippen LogP contribution >= 0.6 is 27.7 Å². The van der Waals surface area contributed by atoms with Crippen molar-refractivity contribution in [2.75, 3.05) is 11.9 Å². The number of nitrogens with zero attached hydrogens (tertiary/aromatic N) is 1. The molecule has 0 bridgehead atoms. The van der Waals surface area contributed by atoms with Crippen LogP contribution < -0.4 is 5.32 Å². The van der Waals surface area contributed by atoms with Crippen LogP contribution in [0, 0.1) is 0 Å². The highest BCUT2D eigenvalue weighted by Crippen LogP contribution is 2.37. The van der Waals surface area contributed by atoms with Gasteiger partial charge in [-0.15, -0.1) is 11.8 Å². The summed E-state index contributed by atoms with van der Waals surface area (Å²) in [4.78, 5) is 4.13. The highest BCUT2D eigenvalue weighted by Gasteiger charge is 2.30. The number of nitrogens with one attached hydrogen (secondary N) is 1. The van der Waals surface area contributed by atoms with E-state index in [1.165, 1.54) is 11.8 Å². The summed E-state index contributed by atoms with van der Waals surface area (Å²) in [6.07, 6.45) is 1.52. The summed E-state index contributed by atoms with van der Waals surface area (Å²) in [7, 11) is 0. The molecule has 0 aliphatic carbocycles. The zero-order valence-electron chi connectivity index (χ0n) is 12.7. The van der Waals surface area contributed by atoms with Gasteiger partial charge >= 0.3 is 0 Å². The first-order valence-corrected chi connectivity index (χ1v) is 8.81. The van der Waals surface area contributed by atoms with Crippen LogP contribution in [0.15, 0.2) is 46.1 Å². The van der Waals surface area contributed by atoms with E-state index in [4.69, 9.17) is 0 Å². The standard InChI is InChI=1S/C14H16BrFN2S.C2H6/c1-9(2)13-12(16)10(8-19-13)5-7-17-11-4-3-6-18-14(11)15;1-2/h3-4,6,8,12-13,17H,1,5,7H2,2H3;1-2H3. The van der Waals surface area contributed by atoms with Crippen LogP contribution in [-0.2, 0) is 0 Å². The zero-order valence-corrected chi connectivity index (χ0v) is 15.1. The van der Waals surface area contributed by atoms with Gasteiger partial charge in [0.25, 0.3) is 0 Å². The van der Waals surface area contributed by atoms with Gasteiger partial charge in [0, 0.05) is 12.7 Å². The predicted molar refractivity (Wildman–Crippen MR) is 95.6 cm³/mol. The van der Waals surface area contributed by atoms with Crippen molar-refractivity contribution >= 4 is 33.4 Å². The highest BCUT2D eigenvalue weighted by atomic mass is 79.9. The number of aromatic nitrogens is 1.